The van der Waals surface area contributed by atoms with E-state index in [0.29, 0.717) is 11.2 Å². The van der Waals surface area contributed by atoms with E-state index < -0.39 is 0 Å². The van der Waals surface area contributed by atoms with E-state index in [1.807, 2.05) is 18.7 Å². The lowest BCUT2D eigenvalue weighted by Crippen LogP contribution is -2.24. The Hall–Kier alpha value is -0.660. The van der Waals surface area contributed by atoms with Crippen LogP contribution in [-0.4, -0.2) is 39.0 Å². The molecule has 1 saturated carbocycles. The summed E-state index contributed by atoms with van der Waals surface area (Å²) in [5.41, 5.74) is 3.70. The lowest BCUT2D eigenvalue weighted by molar-refractivity contribution is 0.903. The Morgan fingerprint density at radius 3 is 2.70 bits per heavy atom. The zero-order valence-electron chi connectivity index (χ0n) is 11.7. The van der Waals surface area contributed by atoms with Gasteiger partial charge >= 0.3 is 0 Å². The molecule has 1 atom stereocenters. The lowest BCUT2D eigenvalue weighted by atomic mass is 10.2. The predicted molar refractivity (Wildman–Crippen MR) is 88.6 cm³/mol. The van der Waals surface area contributed by atoms with Crippen molar-refractivity contribution in [1.82, 2.24) is 9.97 Å². The van der Waals surface area contributed by atoms with Gasteiger partial charge in [-0.15, -0.1) is 0 Å². The van der Waals surface area contributed by atoms with Crippen LogP contribution in [0.15, 0.2) is 0 Å². The van der Waals surface area contributed by atoms with Gasteiger partial charge < -0.3 is 10.7 Å². The highest BCUT2D eigenvalue weighted by atomic mass is 32.2. The van der Waals surface area contributed by atoms with Crippen molar-refractivity contribution in [3.63, 3.8) is 0 Å². The Labute approximate surface area is 128 Å². The zero-order valence-corrected chi connectivity index (χ0v) is 13.3. The van der Waals surface area contributed by atoms with Crippen LogP contribution in [0.4, 0.5) is 11.6 Å². The summed E-state index contributed by atoms with van der Waals surface area (Å²) in [6, 6.07) is 0. The summed E-state index contributed by atoms with van der Waals surface area (Å²) in [7, 11) is 0. The molecule has 4 N–H and O–H groups in total. The Morgan fingerprint density at radius 1 is 1.25 bits per heavy atom. The van der Waals surface area contributed by atoms with E-state index in [0.717, 1.165) is 29.6 Å². The third kappa shape index (κ3) is 3.32. The van der Waals surface area contributed by atoms with Gasteiger partial charge in [-0.05, 0) is 19.8 Å². The maximum atomic E-state index is 5.57. The number of anilines is 2. The average Bonchev–Trinajstić information content (AvgIpc) is 3.32. The third-order valence-corrected chi connectivity index (χ3v) is 6.47. The molecule has 1 aliphatic heterocycles. The van der Waals surface area contributed by atoms with Crippen LogP contribution in [0, 0.1) is 6.92 Å². The molecule has 0 amide bonds. The van der Waals surface area contributed by atoms with Gasteiger partial charge in [-0.3, -0.25) is 0 Å². The van der Waals surface area contributed by atoms with Gasteiger partial charge in [-0.2, -0.15) is 23.5 Å². The second-order valence-electron chi connectivity index (χ2n) is 5.27. The molecule has 20 heavy (non-hydrogen) atoms. The SMILES string of the molecule is Cc1c(NN)nc(C2CC2)nc1NCC1CSCCS1. The predicted octanol–water partition coefficient (Wildman–Crippen LogP) is 2.21. The molecule has 0 spiro atoms. The maximum absolute atomic E-state index is 5.57. The minimum atomic E-state index is 0.530. The average molecular weight is 311 g/mol. The summed E-state index contributed by atoms with van der Waals surface area (Å²) in [5.74, 6) is 12.5. The van der Waals surface area contributed by atoms with Crippen LogP contribution in [0.2, 0.25) is 0 Å². The van der Waals surface area contributed by atoms with Crippen molar-refractivity contribution in [2.24, 2.45) is 5.84 Å². The second-order valence-corrected chi connectivity index (χ2v) is 7.83. The first-order valence-corrected chi connectivity index (χ1v) is 9.26. The van der Waals surface area contributed by atoms with Crippen molar-refractivity contribution in [2.75, 3.05) is 34.5 Å². The van der Waals surface area contributed by atoms with Crippen LogP contribution in [0.5, 0.6) is 0 Å². The molecule has 5 nitrogen and oxygen atoms in total. The molecule has 110 valence electrons. The molecular weight excluding hydrogens is 290 g/mol. The number of nitrogens with zero attached hydrogens (tertiary/aromatic N) is 2. The summed E-state index contributed by atoms with van der Waals surface area (Å²) in [6.07, 6.45) is 2.39. The molecule has 2 heterocycles. The zero-order chi connectivity index (χ0) is 13.9. The molecule has 2 fully saturated rings. The van der Waals surface area contributed by atoms with E-state index in [4.69, 9.17) is 10.8 Å². The smallest absolute Gasteiger partial charge is 0.148 e. The minimum Gasteiger partial charge on any atom is -0.369 e. The number of thioether (sulfide) groups is 2. The summed E-state index contributed by atoms with van der Waals surface area (Å²) in [4.78, 5) is 9.21. The van der Waals surface area contributed by atoms with Gasteiger partial charge in [0, 0.05) is 40.5 Å². The Kier molecular flexibility index (Phi) is 4.58. The van der Waals surface area contributed by atoms with Crippen molar-refractivity contribution >= 4 is 35.2 Å². The molecule has 1 aromatic rings. The van der Waals surface area contributed by atoms with Crippen LogP contribution < -0.4 is 16.6 Å². The monoisotopic (exact) mass is 311 g/mol. The minimum absolute atomic E-state index is 0.530. The first-order valence-electron chi connectivity index (χ1n) is 7.06. The number of aromatic nitrogens is 2. The molecule has 0 bridgehead atoms. The molecule has 1 aromatic heterocycles. The summed E-state index contributed by atoms with van der Waals surface area (Å²) >= 11 is 4.10. The Morgan fingerprint density at radius 2 is 2.05 bits per heavy atom. The summed E-state index contributed by atoms with van der Waals surface area (Å²) in [5, 5.41) is 4.17. The van der Waals surface area contributed by atoms with Gasteiger partial charge in [-0.1, -0.05) is 0 Å². The topological polar surface area (TPSA) is 75.9 Å². The fourth-order valence-electron chi connectivity index (χ4n) is 2.24. The normalized spacial score (nSPS) is 22.6. The van der Waals surface area contributed by atoms with Crippen molar-refractivity contribution in [1.29, 1.82) is 0 Å². The van der Waals surface area contributed by atoms with Gasteiger partial charge in [0.2, 0.25) is 0 Å². The molecular formula is C13H21N5S2. The highest BCUT2D eigenvalue weighted by Crippen LogP contribution is 2.39. The molecule has 1 saturated heterocycles. The van der Waals surface area contributed by atoms with Crippen molar-refractivity contribution in [2.45, 2.75) is 30.9 Å². The largest absolute Gasteiger partial charge is 0.369 e. The van der Waals surface area contributed by atoms with Crippen LogP contribution >= 0.6 is 23.5 Å². The van der Waals surface area contributed by atoms with Crippen molar-refractivity contribution in [3.05, 3.63) is 11.4 Å². The number of nitrogen functional groups attached to an aromatic ring is 1. The number of hydrogen-bond acceptors (Lipinski definition) is 7. The fraction of sp³-hybridized carbons (Fsp3) is 0.692. The van der Waals surface area contributed by atoms with E-state index in [2.05, 4.69) is 27.5 Å². The Bertz CT molecular complexity index is 472. The van der Waals surface area contributed by atoms with E-state index in [9.17, 15) is 0 Å². The molecule has 1 aliphatic carbocycles. The molecule has 1 unspecified atom stereocenters. The van der Waals surface area contributed by atoms with Gasteiger partial charge in [0.05, 0.1) is 0 Å². The van der Waals surface area contributed by atoms with E-state index in [1.165, 1.54) is 30.1 Å². The molecule has 0 radical (unpaired) electrons. The van der Waals surface area contributed by atoms with Gasteiger partial charge in [0.1, 0.15) is 17.5 Å². The molecule has 3 rings (SSSR count). The van der Waals surface area contributed by atoms with Crippen LogP contribution in [0.25, 0.3) is 0 Å². The van der Waals surface area contributed by atoms with Gasteiger partial charge in [-0.25, -0.2) is 15.8 Å². The van der Waals surface area contributed by atoms with Crippen molar-refractivity contribution < 1.29 is 0 Å². The number of hydrogen-bond donors (Lipinski definition) is 3. The lowest BCUT2D eigenvalue weighted by Gasteiger charge is -2.22. The summed E-state index contributed by atoms with van der Waals surface area (Å²) < 4.78 is 0. The summed E-state index contributed by atoms with van der Waals surface area (Å²) in [6.45, 7) is 2.97. The first-order chi connectivity index (χ1) is 9.78. The highest BCUT2D eigenvalue weighted by molar-refractivity contribution is 8.06. The number of nitrogens with two attached hydrogens (primary N) is 1. The number of nitrogens with one attached hydrogen (secondary N) is 2. The quantitative estimate of drug-likeness (QED) is 0.568. The standard InChI is InChI=1S/C13H21N5S2/c1-8-11(15-6-10-7-19-4-5-20-10)16-13(9-2-3-9)17-12(8)18-14/h9-10H,2-7,14H2,1H3,(H2,15,16,17,18). The highest BCUT2D eigenvalue weighted by Gasteiger charge is 2.28. The Balaban J connectivity index is 1.71. The van der Waals surface area contributed by atoms with Crippen LogP contribution in [0.1, 0.15) is 30.1 Å². The van der Waals surface area contributed by atoms with E-state index in [-0.39, 0.29) is 0 Å². The number of hydrazine groups is 1. The number of rotatable bonds is 5. The van der Waals surface area contributed by atoms with E-state index in [1.54, 1.807) is 0 Å². The molecule has 2 aliphatic rings. The second kappa shape index (κ2) is 6.41. The van der Waals surface area contributed by atoms with Gasteiger partial charge in [0.15, 0.2) is 0 Å². The van der Waals surface area contributed by atoms with Crippen molar-refractivity contribution in [3.8, 4) is 0 Å². The maximum Gasteiger partial charge on any atom is 0.148 e. The first kappa shape index (κ1) is 14.3. The van der Waals surface area contributed by atoms with E-state index >= 15 is 0 Å². The fourth-order valence-corrected chi connectivity index (χ4v) is 4.85. The molecule has 0 aromatic carbocycles. The van der Waals surface area contributed by atoms with Crippen LogP contribution in [-0.2, 0) is 0 Å². The third-order valence-electron chi connectivity index (χ3n) is 3.62. The molecule has 7 heteroatoms. The van der Waals surface area contributed by atoms with Gasteiger partial charge in [0.25, 0.3) is 0 Å². The van der Waals surface area contributed by atoms with Crippen LogP contribution in [0.3, 0.4) is 0 Å².